The Labute approximate surface area is 157 Å². The average molecular weight is 387 g/mol. The molecule has 142 valence electrons. The molecule has 0 amide bonds. The Morgan fingerprint density at radius 2 is 1.96 bits per heavy atom. The number of para-hydroxylation sites is 1. The van der Waals surface area contributed by atoms with Crippen molar-refractivity contribution in [3.8, 4) is 5.69 Å². The van der Waals surface area contributed by atoms with Crippen molar-refractivity contribution in [3.05, 3.63) is 53.9 Å². The molecule has 1 fully saturated rings. The van der Waals surface area contributed by atoms with Crippen molar-refractivity contribution in [1.82, 2.24) is 25.1 Å². The van der Waals surface area contributed by atoms with E-state index < -0.39 is 15.1 Å². The van der Waals surface area contributed by atoms with E-state index in [2.05, 4.69) is 20.5 Å². The highest BCUT2D eigenvalue weighted by Crippen LogP contribution is 2.32. The number of sulfone groups is 1. The van der Waals surface area contributed by atoms with E-state index in [-0.39, 0.29) is 17.6 Å². The second-order valence-electron chi connectivity index (χ2n) is 6.90. The molecule has 1 saturated carbocycles. The predicted molar refractivity (Wildman–Crippen MR) is 97.9 cm³/mol. The lowest BCUT2D eigenvalue weighted by atomic mass is 10.1. The monoisotopic (exact) mass is 387 g/mol. The second kappa shape index (κ2) is 7.22. The molecule has 0 N–H and O–H groups in total. The van der Waals surface area contributed by atoms with Crippen molar-refractivity contribution in [3.63, 3.8) is 0 Å². The third kappa shape index (κ3) is 3.78. The van der Waals surface area contributed by atoms with Crippen molar-refractivity contribution in [1.29, 1.82) is 0 Å². The molecule has 8 nitrogen and oxygen atoms in total. The van der Waals surface area contributed by atoms with E-state index >= 15 is 0 Å². The van der Waals surface area contributed by atoms with Crippen LogP contribution in [0.2, 0.25) is 0 Å². The van der Waals surface area contributed by atoms with Crippen molar-refractivity contribution < 1.29 is 12.9 Å². The Bertz CT molecular complexity index is 1010. The van der Waals surface area contributed by atoms with Gasteiger partial charge in [-0.05, 0) is 31.9 Å². The maximum Gasteiger partial charge on any atom is 0.241 e. The molecule has 1 aliphatic carbocycles. The van der Waals surface area contributed by atoms with Gasteiger partial charge in [0.05, 0.1) is 11.9 Å². The van der Waals surface area contributed by atoms with Gasteiger partial charge in [0.15, 0.2) is 15.7 Å². The third-order valence-corrected chi connectivity index (χ3v) is 6.98. The van der Waals surface area contributed by atoms with E-state index in [9.17, 15) is 8.42 Å². The summed E-state index contributed by atoms with van der Waals surface area (Å²) >= 11 is 0. The van der Waals surface area contributed by atoms with Crippen LogP contribution in [0.4, 0.5) is 0 Å². The Morgan fingerprint density at radius 3 is 2.70 bits per heavy atom. The summed E-state index contributed by atoms with van der Waals surface area (Å²) in [5.41, 5.74) is 1.20. The summed E-state index contributed by atoms with van der Waals surface area (Å²) in [6.07, 6.45) is 6.01. The standard InChI is InChI=1S/C18H21N5O3S/c1-13(16-11-23(22-20-16)15-9-3-2-4-10-15)27(24,25)12-17-19-18(21-26-17)14-7-5-6-8-14/h2-4,9-11,13-14H,5-8,12H2,1H3. The van der Waals surface area contributed by atoms with Crippen LogP contribution < -0.4 is 0 Å². The van der Waals surface area contributed by atoms with Crippen LogP contribution in [0.25, 0.3) is 5.69 Å². The van der Waals surface area contributed by atoms with Gasteiger partial charge < -0.3 is 4.52 Å². The molecule has 0 radical (unpaired) electrons. The fraction of sp³-hybridized carbons (Fsp3) is 0.444. The summed E-state index contributed by atoms with van der Waals surface area (Å²) in [5, 5.41) is 11.2. The summed E-state index contributed by atoms with van der Waals surface area (Å²) < 4.78 is 32.3. The van der Waals surface area contributed by atoms with Crippen LogP contribution in [0.3, 0.4) is 0 Å². The first-order valence-corrected chi connectivity index (χ1v) is 10.8. The first-order valence-electron chi connectivity index (χ1n) is 9.04. The predicted octanol–water partition coefficient (Wildman–Crippen LogP) is 2.98. The lowest BCUT2D eigenvalue weighted by Crippen LogP contribution is -2.13. The van der Waals surface area contributed by atoms with Crippen LogP contribution in [0.5, 0.6) is 0 Å². The van der Waals surface area contributed by atoms with Gasteiger partial charge in [-0.3, -0.25) is 0 Å². The highest BCUT2D eigenvalue weighted by Gasteiger charge is 2.29. The van der Waals surface area contributed by atoms with E-state index in [1.165, 1.54) is 0 Å². The van der Waals surface area contributed by atoms with Crippen LogP contribution in [-0.4, -0.2) is 33.6 Å². The number of rotatable bonds is 6. The van der Waals surface area contributed by atoms with Gasteiger partial charge in [0.2, 0.25) is 5.89 Å². The Balaban J connectivity index is 1.49. The number of aromatic nitrogens is 5. The van der Waals surface area contributed by atoms with Gasteiger partial charge in [0.25, 0.3) is 0 Å². The third-order valence-electron chi connectivity index (χ3n) is 5.02. The van der Waals surface area contributed by atoms with Gasteiger partial charge in [-0.2, -0.15) is 4.98 Å². The highest BCUT2D eigenvalue weighted by atomic mass is 32.2. The molecule has 0 spiro atoms. The van der Waals surface area contributed by atoms with Crippen molar-refractivity contribution >= 4 is 9.84 Å². The maximum atomic E-state index is 12.8. The molecule has 1 aliphatic rings. The van der Waals surface area contributed by atoms with Gasteiger partial charge >= 0.3 is 0 Å². The summed E-state index contributed by atoms with van der Waals surface area (Å²) in [7, 11) is -3.56. The van der Waals surface area contributed by atoms with Crippen LogP contribution in [0, 0.1) is 0 Å². The molecule has 0 saturated heterocycles. The molecule has 0 bridgehead atoms. The van der Waals surface area contributed by atoms with Crippen LogP contribution >= 0.6 is 0 Å². The normalized spacial score (nSPS) is 16.6. The van der Waals surface area contributed by atoms with Crippen LogP contribution in [0.1, 0.15) is 61.2 Å². The SMILES string of the molecule is CC(c1cn(-c2ccccc2)nn1)S(=O)(=O)Cc1nc(C2CCCC2)no1. The highest BCUT2D eigenvalue weighted by molar-refractivity contribution is 7.90. The molecule has 2 aromatic heterocycles. The van der Waals surface area contributed by atoms with Crippen LogP contribution in [-0.2, 0) is 15.6 Å². The van der Waals surface area contributed by atoms with Crippen molar-refractivity contribution in [2.24, 2.45) is 0 Å². The zero-order valence-corrected chi connectivity index (χ0v) is 15.8. The fourth-order valence-corrected chi connectivity index (χ4v) is 4.51. The Hall–Kier alpha value is -2.55. The molecule has 1 aromatic carbocycles. The molecule has 3 aromatic rings. The van der Waals surface area contributed by atoms with E-state index in [1.807, 2.05) is 30.3 Å². The minimum atomic E-state index is -3.56. The van der Waals surface area contributed by atoms with Gasteiger partial charge in [0.1, 0.15) is 16.7 Å². The van der Waals surface area contributed by atoms with Gasteiger partial charge in [-0.25, -0.2) is 13.1 Å². The minimum Gasteiger partial charge on any atom is -0.338 e. The largest absolute Gasteiger partial charge is 0.338 e. The number of hydrogen-bond donors (Lipinski definition) is 0. The Kier molecular flexibility index (Phi) is 4.77. The second-order valence-corrected chi connectivity index (χ2v) is 9.22. The van der Waals surface area contributed by atoms with Crippen molar-refractivity contribution in [2.45, 2.75) is 49.5 Å². The Morgan fingerprint density at radius 1 is 1.22 bits per heavy atom. The lowest BCUT2D eigenvalue weighted by molar-refractivity contribution is 0.378. The first-order chi connectivity index (χ1) is 13.0. The smallest absolute Gasteiger partial charge is 0.241 e. The molecule has 4 rings (SSSR count). The fourth-order valence-electron chi connectivity index (χ4n) is 3.33. The summed E-state index contributed by atoms with van der Waals surface area (Å²) in [6, 6.07) is 9.42. The lowest BCUT2D eigenvalue weighted by Gasteiger charge is -2.07. The first kappa shape index (κ1) is 17.8. The number of hydrogen-bond acceptors (Lipinski definition) is 7. The molecule has 27 heavy (non-hydrogen) atoms. The molecular formula is C18H21N5O3S. The quantitative estimate of drug-likeness (QED) is 0.640. The average Bonchev–Trinajstić information content (AvgIpc) is 3.42. The molecule has 1 unspecified atom stereocenters. The zero-order valence-electron chi connectivity index (χ0n) is 15.0. The van der Waals surface area contributed by atoms with Gasteiger partial charge in [-0.15, -0.1) is 5.10 Å². The topological polar surface area (TPSA) is 104 Å². The molecular weight excluding hydrogens is 366 g/mol. The molecule has 0 aliphatic heterocycles. The molecule has 1 atom stereocenters. The van der Waals surface area contributed by atoms with Gasteiger partial charge in [0, 0.05) is 5.92 Å². The molecule has 2 heterocycles. The van der Waals surface area contributed by atoms with E-state index in [0.717, 1.165) is 31.4 Å². The van der Waals surface area contributed by atoms with E-state index in [4.69, 9.17) is 4.52 Å². The number of benzene rings is 1. The van der Waals surface area contributed by atoms with Crippen molar-refractivity contribution in [2.75, 3.05) is 0 Å². The maximum absolute atomic E-state index is 12.8. The number of nitrogens with zero attached hydrogens (tertiary/aromatic N) is 5. The van der Waals surface area contributed by atoms with Gasteiger partial charge in [-0.1, -0.05) is 41.4 Å². The summed E-state index contributed by atoms with van der Waals surface area (Å²) in [4.78, 5) is 4.31. The molecule has 9 heteroatoms. The summed E-state index contributed by atoms with van der Waals surface area (Å²) in [5.74, 6) is 0.750. The van der Waals surface area contributed by atoms with E-state index in [0.29, 0.717) is 11.5 Å². The summed E-state index contributed by atoms with van der Waals surface area (Å²) in [6.45, 7) is 1.60. The van der Waals surface area contributed by atoms with E-state index in [1.54, 1.807) is 17.8 Å². The minimum absolute atomic E-state index is 0.138. The van der Waals surface area contributed by atoms with Crippen LogP contribution in [0.15, 0.2) is 41.1 Å². The zero-order chi connectivity index (χ0) is 18.9.